The number of carbonyl (C=O) groups is 2. The van der Waals surface area contributed by atoms with Gasteiger partial charge >= 0.3 is 6.09 Å². The molecule has 1 aliphatic rings. The number of benzene rings is 1. The summed E-state index contributed by atoms with van der Waals surface area (Å²) in [6.07, 6.45) is -0.663. The maximum atomic E-state index is 12.7. The normalized spacial score (nSPS) is 16.9. The van der Waals surface area contributed by atoms with Gasteiger partial charge in [-0.3, -0.25) is 4.79 Å². The Hall–Kier alpha value is -2.04. The molecular weight excluding hydrogens is 268 g/mol. The fraction of sp³-hybridized carbons (Fsp3) is 0.500. The Morgan fingerprint density at radius 1 is 1.29 bits per heavy atom. The number of rotatable bonds is 0. The van der Waals surface area contributed by atoms with E-state index in [1.54, 1.807) is 26.8 Å². The number of carbonyl (C=O) groups excluding carboxylic acids is 2. The minimum atomic E-state index is -0.774. The summed E-state index contributed by atoms with van der Waals surface area (Å²) in [5.74, 6) is -0.291. The van der Waals surface area contributed by atoms with E-state index >= 15 is 0 Å². The highest BCUT2D eigenvalue weighted by Gasteiger charge is 2.48. The van der Waals surface area contributed by atoms with Crippen molar-refractivity contribution in [2.45, 2.75) is 52.6 Å². The van der Waals surface area contributed by atoms with Crippen LogP contribution in [0.15, 0.2) is 12.1 Å². The summed E-state index contributed by atoms with van der Waals surface area (Å²) in [5, 5.41) is 0. The second kappa shape index (κ2) is 4.48. The van der Waals surface area contributed by atoms with Crippen molar-refractivity contribution in [3.05, 3.63) is 23.3 Å². The molecule has 0 fully saturated rings. The Bertz CT molecular complexity index is 627. The monoisotopic (exact) mass is 290 g/mol. The van der Waals surface area contributed by atoms with Crippen molar-refractivity contribution in [1.82, 2.24) is 0 Å². The van der Waals surface area contributed by atoms with Gasteiger partial charge in [-0.1, -0.05) is 0 Å². The van der Waals surface area contributed by atoms with Crippen LogP contribution in [0.25, 0.3) is 0 Å². The highest BCUT2D eigenvalue weighted by Crippen LogP contribution is 2.45. The Kier molecular flexibility index (Phi) is 3.27. The van der Waals surface area contributed by atoms with Gasteiger partial charge in [0.15, 0.2) is 0 Å². The minimum absolute atomic E-state index is 0.291. The lowest BCUT2D eigenvalue weighted by Gasteiger charge is -2.24. The zero-order chi connectivity index (χ0) is 16.2. The molecule has 0 aliphatic carbocycles. The number of nitrogens with zero attached hydrogens (tertiary/aromatic N) is 1. The first-order valence-corrected chi connectivity index (χ1v) is 6.93. The van der Waals surface area contributed by atoms with Crippen LogP contribution in [-0.4, -0.2) is 17.6 Å². The van der Waals surface area contributed by atoms with E-state index in [-0.39, 0.29) is 5.91 Å². The van der Waals surface area contributed by atoms with E-state index in [9.17, 15) is 9.59 Å². The number of hydrogen-bond donors (Lipinski definition) is 1. The first-order chi connectivity index (χ1) is 9.45. The molecule has 1 aliphatic heterocycles. The van der Waals surface area contributed by atoms with Gasteiger partial charge in [0, 0.05) is 5.69 Å². The van der Waals surface area contributed by atoms with Crippen LogP contribution in [0.2, 0.25) is 0 Å². The van der Waals surface area contributed by atoms with E-state index in [4.69, 9.17) is 10.5 Å². The Morgan fingerprint density at radius 2 is 1.86 bits per heavy atom. The predicted octanol–water partition coefficient (Wildman–Crippen LogP) is 3.14. The number of aryl methyl sites for hydroxylation is 1. The van der Waals surface area contributed by atoms with E-state index < -0.39 is 17.1 Å². The molecule has 0 bridgehead atoms. The lowest BCUT2D eigenvalue weighted by Crippen LogP contribution is -2.43. The number of anilines is 2. The lowest BCUT2D eigenvalue weighted by atomic mass is 9.83. The van der Waals surface area contributed by atoms with Crippen LogP contribution >= 0.6 is 0 Å². The van der Waals surface area contributed by atoms with Crippen LogP contribution in [0, 0.1) is 6.92 Å². The molecule has 5 nitrogen and oxygen atoms in total. The molecule has 0 aromatic heterocycles. The number of nitrogens with two attached hydrogens (primary N) is 1. The van der Waals surface area contributed by atoms with Gasteiger partial charge in [-0.15, -0.1) is 0 Å². The topological polar surface area (TPSA) is 72.6 Å². The van der Waals surface area contributed by atoms with Crippen LogP contribution in [0.5, 0.6) is 0 Å². The number of imide groups is 1. The zero-order valence-electron chi connectivity index (χ0n) is 13.4. The highest BCUT2D eigenvalue weighted by molar-refractivity contribution is 6.21. The smallest absolute Gasteiger partial charge is 0.421 e. The maximum absolute atomic E-state index is 12.7. The number of ether oxygens (including phenoxy) is 1. The number of fused-ring (bicyclic) bond motifs is 1. The number of amides is 2. The molecule has 0 atom stereocenters. The van der Waals surface area contributed by atoms with Gasteiger partial charge in [-0.2, -0.15) is 0 Å². The van der Waals surface area contributed by atoms with Crippen LogP contribution in [-0.2, 0) is 14.9 Å². The number of hydrogen-bond acceptors (Lipinski definition) is 4. The van der Waals surface area contributed by atoms with E-state index in [1.165, 1.54) is 0 Å². The SMILES string of the molecule is Cc1cc(N)cc2c1C(C)(C)C(=O)N2C(=O)OC(C)(C)C. The number of nitrogen functional groups attached to an aromatic ring is 1. The van der Waals surface area contributed by atoms with Crippen molar-refractivity contribution >= 4 is 23.4 Å². The second-order valence-corrected chi connectivity index (χ2v) is 6.98. The summed E-state index contributed by atoms with van der Waals surface area (Å²) < 4.78 is 5.35. The summed E-state index contributed by atoms with van der Waals surface area (Å²) in [6.45, 7) is 10.8. The molecule has 0 spiro atoms. The first-order valence-electron chi connectivity index (χ1n) is 6.93. The molecule has 21 heavy (non-hydrogen) atoms. The van der Waals surface area contributed by atoms with Gasteiger partial charge < -0.3 is 10.5 Å². The molecular formula is C16H22N2O3. The Balaban J connectivity index is 2.57. The standard InChI is InChI=1S/C16H22N2O3/c1-9-7-10(17)8-11-12(9)16(5,6)13(19)18(11)14(20)21-15(2,3)4/h7-8H,17H2,1-6H3. The molecule has 2 amide bonds. The van der Waals surface area contributed by atoms with E-state index in [0.717, 1.165) is 16.0 Å². The van der Waals surface area contributed by atoms with Crippen molar-refractivity contribution in [2.24, 2.45) is 0 Å². The maximum Gasteiger partial charge on any atom is 0.421 e. The first kappa shape index (κ1) is 15.4. The van der Waals surface area contributed by atoms with E-state index in [1.807, 2.05) is 26.8 Å². The van der Waals surface area contributed by atoms with Gasteiger partial charge in [-0.25, -0.2) is 9.69 Å². The van der Waals surface area contributed by atoms with Crippen molar-refractivity contribution < 1.29 is 14.3 Å². The molecule has 2 N–H and O–H groups in total. The van der Waals surface area contributed by atoms with Crippen molar-refractivity contribution in [1.29, 1.82) is 0 Å². The average molecular weight is 290 g/mol. The predicted molar refractivity (Wildman–Crippen MR) is 82.3 cm³/mol. The molecule has 5 heteroatoms. The quantitative estimate of drug-likeness (QED) is 0.745. The van der Waals surface area contributed by atoms with Crippen LogP contribution in [0.1, 0.15) is 45.7 Å². The third-order valence-electron chi connectivity index (χ3n) is 3.52. The average Bonchev–Trinajstić information content (AvgIpc) is 2.43. The van der Waals surface area contributed by atoms with Gasteiger partial charge in [0.25, 0.3) is 0 Å². The van der Waals surface area contributed by atoms with Crippen molar-refractivity contribution in [3.63, 3.8) is 0 Å². The van der Waals surface area contributed by atoms with Crippen LogP contribution in [0.3, 0.4) is 0 Å². The third-order valence-corrected chi connectivity index (χ3v) is 3.52. The van der Waals surface area contributed by atoms with Gasteiger partial charge in [0.05, 0.1) is 11.1 Å². The molecule has 0 saturated heterocycles. The third kappa shape index (κ3) is 2.48. The fourth-order valence-electron chi connectivity index (χ4n) is 2.77. The largest absolute Gasteiger partial charge is 0.443 e. The summed E-state index contributed by atoms with van der Waals surface area (Å²) in [7, 11) is 0. The Labute approximate surface area is 125 Å². The molecule has 1 heterocycles. The summed E-state index contributed by atoms with van der Waals surface area (Å²) >= 11 is 0. The molecule has 0 radical (unpaired) electrons. The van der Waals surface area contributed by atoms with Crippen molar-refractivity contribution in [3.8, 4) is 0 Å². The summed E-state index contributed by atoms with van der Waals surface area (Å²) in [4.78, 5) is 26.1. The molecule has 1 aromatic rings. The minimum Gasteiger partial charge on any atom is -0.443 e. The highest BCUT2D eigenvalue weighted by atomic mass is 16.6. The van der Waals surface area contributed by atoms with E-state index in [2.05, 4.69) is 0 Å². The molecule has 0 saturated carbocycles. The van der Waals surface area contributed by atoms with Crippen LogP contribution < -0.4 is 10.6 Å². The van der Waals surface area contributed by atoms with Gasteiger partial charge in [0.1, 0.15) is 5.60 Å². The molecule has 2 rings (SSSR count). The van der Waals surface area contributed by atoms with Crippen molar-refractivity contribution in [2.75, 3.05) is 10.6 Å². The summed E-state index contributed by atoms with van der Waals surface area (Å²) in [6, 6.07) is 3.46. The second-order valence-electron chi connectivity index (χ2n) is 6.98. The summed E-state index contributed by atoms with van der Waals surface area (Å²) in [5.41, 5.74) is 7.19. The fourth-order valence-corrected chi connectivity index (χ4v) is 2.77. The molecule has 0 unspecified atom stereocenters. The zero-order valence-corrected chi connectivity index (χ0v) is 13.4. The van der Waals surface area contributed by atoms with E-state index in [0.29, 0.717) is 11.4 Å². The van der Waals surface area contributed by atoms with Crippen LogP contribution in [0.4, 0.5) is 16.2 Å². The molecule has 114 valence electrons. The van der Waals surface area contributed by atoms with Gasteiger partial charge in [-0.05, 0) is 64.8 Å². The lowest BCUT2D eigenvalue weighted by molar-refractivity contribution is -0.121. The van der Waals surface area contributed by atoms with Gasteiger partial charge in [0.2, 0.25) is 5.91 Å². The molecule has 1 aromatic carbocycles. The Morgan fingerprint density at radius 3 is 2.38 bits per heavy atom.